The number of benzene rings is 3. The summed E-state index contributed by atoms with van der Waals surface area (Å²) in [5.41, 5.74) is 4.13. The van der Waals surface area contributed by atoms with Gasteiger partial charge in [-0.3, -0.25) is 0 Å². The summed E-state index contributed by atoms with van der Waals surface area (Å²) in [6.07, 6.45) is 0. The Labute approximate surface area is 236 Å². The van der Waals surface area contributed by atoms with Gasteiger partial charge < -0.3 is 23.0 Å². The van der Waals surface area contributed by atoms with Crippen molar-refractivity contribution in [3.63, 3.8) is 0 Å². The molecule has 5 rings (SSSR count). The molecule has 41 heavy (non-hydrogen) atoms. The molecular weight excluding hydrogens is 526 g/mol. The van der Waals surface area contributed by atoms with Gasteiger partial charge >= 0.3 is 11.8 Å². The lowest BCUT2D eigenvalue weighted by Crippen LogP contribution is -2.09. The molecule has 0 atom stereocenters. The van der Waals surface area contributed by atoms with Crippen LogP contribution in [0.3, 0.4) is 0 Å². The van der Waals surface area contributed by atoms with Crippen LogP contribution in [0, 0.1) is 6.92 Å². The number of esters is 1. The first-order chi connectivity index (χ1) is 19.8. The molecule has 10 nitrogen and oxygen atoms in total. The van der Waals surface area contributed by atoms with Crippen molar-refractivity contribution in [1.82, 2.24) is 15.0 Å². The van der Waals surface area contributed by atoms with E-state index in [-0.39, 0.29) is 36.2 Å². The van der Waals surface area contributed by atoms with Crippen molar-refractivity contribution in [2.24, 2.45) is 0 Å². The average Bonchev–Trinajstić information content (AvgIpc) is 3.53. The maximum absolute atomic E-state index is 13.0. The third-order valence-electron chi connectivity index (χ3n) is 6.52. The van der Waals surface area contributed by atoms with Crippen LogP contribution in [0.4, 0.5) is 0 Å². The molecule has 2 aromatic heterocycles. The van der Waals surface area contributed by atoms with Gasteiger partial charge in [0.1, 0.15) is 11.5 Å². The minimum atomic E-state index is -0.873. The van der Waals surface area contributed by atoms with Gasteiger partial charge in [-0.2, -0.15) is 0 Å². The van der Waals surface area contributed by atoms with Crippen LogP contribution in [0.2, 0.25) is 0 Å². The predicted octanol–water partition coefficient (Wildman–Crippen LogP) is 6.13. The van der Waals surface area contributed by atoms with Crippen LogP contribution < -0.4 is 15.3 Å². The largest absolute Gasteiger partial charge is 0.519 e. The van der Waals surface area contributed by atoms with Crippen LogP contribution in [-0.2, 0) is 17.9 Å². The van der Waals surface area contributed by atoms with E-state index in [0.717, 1.165) is 16.7 Å². The van der Waals surface area contributed by atoms with E-state index in [2.05, 4.69) is 48.4 Å². The van der Waals surface area contributed by atoms with Crippen LogP contribution in [0.1, 0.15) is 52.9 Å². The Hall–Kier alpha value is -5.12. The van der Waals surface area contributed by atoms with Crippen LogP contribution in [-0.4, -0.2) is 28.1 Å². The highest BCUT2D eigenvalue weighted by molar-refractivity contribution is 5.89. The Balaban J connectivity index is 1.39. The second kappa shape index (κ2) is 12.0. The lowest BCUT2D eigenvalue weighted by atomic mass is 9.99. The molecule has 0 spiro atoms. The first-order valence-corrected chi connectivity index (χ1v) is 13.0. The lowest BCUT2D eigenvalue weighted by Gasteiger charge is -2.11. The number of methoxy groups -OCH3 is 1. The minimum absolute atomic E-state index is 0.102. The molecule has 0 radical (unpaired) electrons. The standard InChI is InChI=1S/C31H29N3O7/c1-19(2)22-7-9-23(10-8-22)24-11-15-26(16-12-24)40-29-28(30(35)38-18-27-20(3)39-31(36)41-27)32-33-34(29)17-21-5-13-25(37-4)14-6-21/h5-16,19H,17-18H2,1-4H3. The van der Waals surface area contributed by atoms with E-state index in [0.29, 0.717) is 17.4 Å². The zero-order valence-corrected chi connectivity index (χ0v) is 23.1. The molecule has 0 unspecified atom stereocenters. The molecule has 0 amide bonds. The van der Waals surface area contributed by atoms with Crippen molar-refractivity contribution in [3.05, 3.63) is 112 Å². The van der Waals surface area contributed by atoms with E-state index < -0.39 is 11.8 Å². The van der Waals surface area contributed by atoms with Crippen LogP contribution >= 0.6 is 0 Å². The monoisotopic (exact) mass is 555 g/mol. The number of nitrogens with zero attached hydrogens (tertiary/aromatic N) is 3. The number of aromatic nitrogens is 3. The van der Waals surface area contributed by atoms with E-state index in [1.807, 2.05) is 48.5 Å². The third-order valence-corrected chi connectivity index (χ3v) is 6.52. The van der Waals surface area contributed by atoms with Crippen molar-refractivity contribution in [1.29, 1.82) is 0 Å². The summed E-state index contributed by atoms with van der Waals surface area (Å²) < 4.78 is 27.9. The lowest BCUT2D eigenvalue weighted by molar-refractivity contribution is 0.0432. The normalized spacial score (nSPS) is 11.0. The molecule has 3 aromatic carbocycles. The van der Waals surface area contributed by atoms with Crippen LogP contribution in [0.5, 0.6) is 17.4 Å². The fraction of sp³-hybridized carbons (Fsp3) is 0.226. The van der Waals surface area contributed by atoms with Gasteiger partial charge in [0.15, 0.2) is 18.1 Å². The zero-order chi connectivity index (χ0) is 28.9. The Bertz CT molecular complexity index is 1680. The molecule has 0 saturated heterocycles. The van der Waals surface area contributed by atoms with Gasteiger partial charge in [-0.25, -0.2) is 14.3 Å². The van der Waals surface area contributed by atoms with Gasteiger partial charge in [0.2, 0.25) is 5.69 Å². The Morgan fingerprint density at radius 2 is 1.54 bits per heavy atom. The Morgan fingerprint density at radius 1 is 0.902 bits per heavy atom. The number of aryl methyl sites for hydroxylation is 1. The summed E-state index contributed by atoms with van der Waals surface area (Å²) in [4.78, 5) is 24.4. The summed E-state index contributed by atoms with van der Waals surface area (Å²) in [6.45, 7) is 5.82. The van der Waals surface area contributed by atoms with Gasteiger partial charge in [0, 0.05) is 0 Å². The molecule has 0 bridgehead atoms. The zero-order valence-electron chi connectivity index (χ0n) is 23.1. The topological polar surface area (TPSA) is 119 Å². The highest BCUT2D eigenvalue weighted by Gasteiger charge is 2.25. The van der Waals surface area contributed by atoms with Gasteiger partial charge in [-0.15, -0.1) is 5.10 Å². The highest BCUT2D eigenvalue weighted by Crippen LogP contribution is 2.29. The summed E-state index contributed by atoms with van der Waals surface area (Å²) >= 11 is 0. The molecule has 10 heteroatoms. The first kappa shape index (κ1) is 27.4. The number of carbonyl (C=O) groups is 1. The minimum Gasteiger partial charge on any atom is -0.497 e. The second-order valence-electron chi connectivity index (χ2n) is 9.66. The van der Waals surface area contributed by atoms with Crippen molar-refractivity contribution < 1.29 is 27.8 Å². The molecule has 0 aliphatic carbocycles. The molecule has 0 aliphatic rings. The summed E-state index contributed by atoms with van der Waals surface area (Å²) in [5.74, 6) is 0.414. The molecule has 0 fully saturated rings. The number of hydrogen-bond acceptors (Lipinski definition) is 9. The SMILES string of the molecule is COc1ccc(Cn2nnc(C(=O)OCc3oc(=O)oc3C)c2Oc2ccc(-c3ccc(C(C)C)cc3)cc2)cc1. The number of hydrogen-bond donors (Lipinski definition) is 0. The maximum atomic E-state index is 13.0. The quantitative estimate of drug-likeness (QED) is 0.187. The predicted molar refractivity (Wildman–Crippen MR) is 149 cm³/mol. The molecular formula is C31H29N3O7. The van der Waals surface area contributed by atoms with Crippen molar-refractivity contribution >= 4 is 5.97 Å². The molecule has 210 valence electrons. The Morgan fingerprint density at radius 3 is 2.12 bits per heavy atom. The van der Waals surface area contributed by atoms with Gasteiger partial charge in [0.05, 0.1) is 13.7 Å². The second-order valence-corrected chi connectivity index (χ2v) is 9.66. The van der Waals surface area contributed by atoms with E-state index in [4.69, 9.17) is 23.0 Å². The van der Waals surface area contributed by atoms with E-state index >= 15 is 0 Å². The number of carbonyl (C=O) groups excluding carboxylic acids is 1. The summed E-state index contributed by atoms with van der Waals surface area (Å²) in [5, 5.41) is 8.20. The van der Waals surface area contributed by atoms with Crippen LogP contribution in [0.25, 0.3) is 11.1 Å². The molecule has 2 heterocycles. The fourth-order valence-corrected chi connectivity index (χ4v) is 4.13. The van der Waals surface area contributed by atoms with Gasteiger partial charge in [-0.1, -0.05) is 67.6 Å². The smallest absolute Gasteiger partial charge is 0.497 e. The third kappa shape index (κ3) is 6.38. The van der Waals surface area contributed by atoms with Gasteiger partial charge in [0.25, 0.3) is 5.88 Å². The van der Waals surface area contributed by atoms with Gasteiger partial charge in [-0.05, 0) is 59.4 Å². The van der Waals surface area contributed by atoms with Crippen LogP contribution in [0.15, 0.2) is 86.4 Å². The fourth-order valence-electron chi connectivity index (χ4n) is 4.13. The summed E-state index contributed by atoms with van der Waals surface area (Å²) in [6, 6.07) is 23.4. The molecule has 0 aliphatic heterocycles. The first-order valence-electron chi connectivity index (χ1n) is 13.0. The number of ether oxygens (including phenoxy) is 3. The van der Waals surface area contributed by atoms with E-state index in [9.17, 15) is 9.59 Å². The summed E-state index contributed by atoms with van der Waals surface area (Å²) in [7, 11) is 1.60. The maximum Gasteiger partial charge on any atom is 0.519 e. The van der Waals surface area contributed by atoms with Crippen molar-refractivity contribution in [3.8, 4) is 28.5 Å². The average molecular weight is 556 g/mol. The Kier molecular flexibility index (Phi) is 8.00. The highest BCUT2D eigenvalue weighted by atomic mass is 16.6. The van der Waals surface area contributed by atoms with Crippen molar-refractivity contribution in [2.45, 2.75) is 39.8 Å². The molecule has 0 saturated carbocycles. The van der Waals surface area contributed by atoms with Crippen molar-refractivity contribution in [2.75, 3.05) is 7.11 Å². The number of rotatable bonds is 10. The van der Waals surface area contributed by atoms with E-state index in [1.54, 1.807) is 7.11 Å². The molecule has 5 aromatic rings. The molecule has 0 N–H and O–H groups in total. The van der Waals surface area contributed by atoms with E-state index in [1.165, 1.54) is 17.2 Å².